The number of aromatic nitrogens is 2. The fourth-order valence-corrected chi connectivity index (χ4v) is 3.58. The van der Waals surface area contributed by atoms with E-state index in [4.69, 9.17) is 26.1 Å². The smallest absolute Gasteiger partial charge is 0.160 e. The van der Waals surface area contributed by atoms with Gasteiger partial charge >= 0.3 is 0 Å². The summed E-state index contributed by atoms with van der Waals surface area (Å²) in [5, 5.41) is 0.691. The zero-order valence-corrected chi connectivity index (χ0v) is 16.6. The number of benzene rings is 3. The number of halogens is 1. The van der Waals surface area contributed by atoms with Crippen molar-refractivity contribution >= 4 is 22.6 Å². The third-order valence-corrected chi connectivity index (χ3v) is 5.05. The number of hydrogen-bond donors (Lipinski definition) is 0. The number of fused-ring (bicyclic) bond motifs is 1. The Kier molecular flexibility index (Phi) is 5.22. The second kappa shape index (κ2) is 7.95. The first kappa shape index (κ1) is 18.4. The number of imidazole rings is 1. The molecule has 0 saturated heterocycles. The summed E-state index contributed by atoms with van der Waals surface area (Å²) < 4.78 is 13.0. The zero-order valence-electron chi connectivity index (χ0n) is 15.9. The molecule has 0 radical (unpaired) electrons. The number of rotatable bonds is 6. The van der Waals surface area contributed by atoms with Crippen molar-refractivity contribution in [1.29, 1.82) is 0 Å². The summed E-state index contributed by atoms with van der Waals surface area (Å²) in [5.74, 6) is 2.42. The van der Waals surface area contributed by atoms with Crippen molar-refractivity contribution in [3.63, 3.8) is 0 Å². The minimum absolute atomic E-state index is 0.691. The van der Waals surface area contributed by atoms with Crippen LogP contribution >= 0.6 is 11.6 Å². The predicted molar refractivity (Wildman–Crippen MR) is 113 cm³/mol. The van der Waals surface area contributed by atoms with Gasteiger partial charge in [-0.15, -0.1) is 0 Å². The quantitative estimate of drug-likeness (QED) is 0.427. The van der Waals surface area contributed by atoms with Gasteiger partial charge in [0.05, 0.1) is 25.3 Å². The van der Waals surface area contributed by atoms with Gasteiger partial charge in [-0.3, -0.25) is 0 Å². The largest absolute Gasteiger partial charge is 0.493 e. The van der Waals surface area contributed by atoms with Crippen LogP contribution in [-0.2, 0) is 13.0 Å². The van der Waals surface area contributed by atoms with E-state index < -0.39 is 0 Å². The van der Waals surface area contributed by atoms with Crippen LogP contribution in [0.3, 0.4) is 0 Å². The molecule has 0 atom stereocenters. The number of nitrogens with zero attached hydrogens (tertiary/aromatic N) is 2. The van der Waals surface area contributed by atoms with Gasteiger partial charge in [-0.1, -0.05) is 48.0 Å². The molecule has 0 fully saturated rings. The van der Waals surface area contributed by atoms with Crippen molar-refractivity contribution in [2.75, 3.05) is 14.2 Å². The fraction of sp³-hybridized carbons (Fsp3) is 0.174. The third kappa shape index (κ3) is 3.56. The molecule has 0 bridgehead atoms. The van der Waals surface area contributed by atoms with Crippen LogP contribution < -0.4 is 9.47 Å². The number of ether oxygens (including phenoxy) is 2. The fourth-order valence-electron chi connectivity index (χ4n) is 3.41. The van der Waals surface area contributed by atoms with Crippen molar-refractivity contribution in [2.45, 2.75) is 13.0 Å². The molecule has 4 aromatic rings. The molecule has 4 rings (SSSR count). The van der Waals surface area contributed by atoms with Gasteiger partial charge in [0, 0.05) is 17.1 Å². The van der Waals surface area contributed by atoms with Gasteiger partial charge < -0.3 is 14.0 Å². The second-order valence-corrected chi connectivity index (χ2v) is 6.96. The lowest BCUT2D eigenvalue weighted by Crippen LogP contribution is -2.04. The average molecular weight is 393 g/mol. The van der Waals surface area contributed by atoms with Crippen LogP contribution in [0.15, 0.2) is 66.7 Å². The molecule has 0 aliphatic heterocycles. The van der Waals surface area contributed by atoms with Crippen molar-refractivity contribution in [2.24, 2.45) is 0 Å². The summed E-state index contributed by atoms with van der Waals surface area (Å²) >= 11 is 6.19. The van der Waals surface area contributed by atoms with E-state index in [0.29, 0.717) is 5.02 Å². The molecule has 0 unspecified atom stereocenters. The van der Waals surface area contributed by atoms with Crippen LogP contribution in [0.25, 0.3) is 22.4 Å². The lowest BCUT2D eigenvalue weighted by molar-refractivity contribution is 0.354. The second-order valence-electron chi connectivity index (χ2n) is 6.53. The standard InChI is InChI=1S/C23H21ClN2O2/c1-27-21-11-8-16(14-22(21)28-2)12-13-26-20-10-9-18(24)15-19(20)25-23(26)17-6-4-3-5-7-17/h3-11,14-15H,12-13H2,1-2H3. The number of aryl methyl sites for hydroxylation is 2. The molecule has 1 heterocycles. The normalized spacial score (nSPS) is 11.0. The highest BCUT2D eigenvalue weighted by Crippen LogP contribution is 2.30. The lowest BCUT2D eigenvalue weighted by atomic mass is 10.1. The Morgan fingerprint density at radius 2 is 1.68 bits per heavy atom. The molecule has 0 N–H and O–H groups in total. The van der Waals surface area contributed by atoms with E-state index in [0.717, 1.165) is 46.9 Å². The molecule has 0 spiro atoms. The summed E-state index contributed by atoms with van der Waals surface area (Å²) in [6, 6.07) is 22.1. The van der Waals surface area contributed by atoms with Gasteiger partial charge in [-0.25, -0.2) is 4.98 Å². The van der Waals surface area contributed by atoms with Crippen LogP contribution in [0.4, 0.5) is 0 Å². The Bertz CT molecular complexity index is 1110. The van der Waals surface area contributed by atoms with E-state index in [1.54, 1.807) is 14.2 Å². The summed E-state index contributed by atoms with van der Waals surface area (Å²) in [6.07, 6.45) is 0.842. The van der Waals surface area contributed by atoms with E-state index in [2.05, 4.69) is 22.8 Å². The maximum atomic E-state index is 6.19. The minimum Gasteiger partial charge on any atom is -0.493 e. The van der Waals surface area contributed by atoms with Crippen LogP contribution in [-0.4, -0.2) is 23.8 Å². The van der Waals surface area contributed by atoms with E-state index in [1.165, 1.54) is 5.56 Å². The van der Waals surface area contributed by atoms with E-state index >= 15 is 0 Å². The molecule has 142 valence electrons. The summed E-state index contributed by atoms with van der Waals surface area (Å²) in [4.78, 5) is 4.85. The maximum Gasteiger partial charge on any atom is 0.160 e. The van der Waals surface area contributed by atoms with Crippen LogP contribution in [0.5, 0.6) is 11.5 Å². The van der Waals surface area contributed by atoms with E-state index in [1.807, 2.05) is 48.5 Å². The molecular weight excluding hydrogens is 372 g/mol. The van der Waals surface area contributed by atoms with Crippen LogP contribution in [0, 0.1) is 0 Å². The molecule has 28 heavy (non-hydrogen) atoms. The topological polar surface area (TPSA) is 36.3 Å². The highest BCUT2D eigenvalue weighted by Gasteiger charge is 2.13. The first-order chi connectivity index (χ1) is 13.7. The van der Waals surface area contributed by atoms with Crippen molar-refractivity contribution < 1.29 is 9.47 Å². The maximum absolute atomic E-state index is 6.19. The van der Waals surface area contributed by atoms with Gasteiger partial charge in [0.25, 0.3) is 0 Å². The average Bonchev–Trinajstić information content (AvgIpc) is 3.10. The first-order valence-electron chi connectivity index (χ1n) is 9.11. The Hall–Kier alpha value is -2.98. The van der Waals surface area contributed by atoms with E-state index in [-0.39, 0.29) is 0 Å². The Balaban J connectivity index is 1.72. The monoisotopic (exact) mass is 392 g/mol. The van der Waals surface area contributed by atoms with Crippen molar-refractivity contribution in [1.82, 2.24) is 9.55 Å². The van der Waals surface area contributed by atoms with E-state index in [9.17, 15) is 0 Å². The summed E-state index contributed by atoms with van der Waals surface area (Å²) in [5.41, 5.74) is 4.23. The highest BCUT2D eigenvalue weighted by molar-refractivity contribution is 6.31. The van der Waals surface area contributed by atoms with Gasteiger partial charge in [0.1, 0.15) is 5.82 Å². The molecule has 1 aromatic heterocycles. The zero-order chi connectivity index (χ0) is 19.5. The van der Waals surface area contributed by atoms with Gasteiger partial charge in [-0.2, -0.15) is 0 Å². The summed E-state index contributed by atoms with van der Waals surface area (Å²) in [6.45, 7) is 0.790. The molecule has 5 heteroatoms. The lowest BCUT2D eigenvalue weighted by Gasteiger charge is -2.12. The molecule has 4 nitrogen and oxygen atoms in total. The molecule has 3 aromatic carbocycles. The third-order valence-electron chi connectivity index (χ3n) is 4.81. The molecule has 0 aliphatic rings. The highest BCUT2D eigenvalue weighted by atomic mass is 35.5. The number of hydrogen-bond acceptors (Lipinski definition) is 3. The van der Waals surface area contributed by atoms with Crippen molar-refractivity contribution in [3.8, 4) is 22.9 Å². The predicted octanol–water partition coefficient (Wildman–Crippen LogP) is 5.62. The Morgan fingerprint density at radius 3 is 2.43 bits per heavy atom. The Labute approximate surface area is 169 Å². The molecular formula is C23H21ClN2O2. The van der Waals surface area contributed by atoms with Gasteiger partial charge in [-0.05, 0) is 42.3 Å². The molecule has 0 saturated carbocycles. The van der Waals surface area contributed by atoms with Gasteiger partial charge in [0.2, 0.25) is 0 Å². The first-order valence-corrected chi connectivity index (χ1v) is 9.49. The SMILES string of the molecule is COc1ccc(CCn2c(-c3ccccc3)nc3cc(Cl)ccc32)cc1OC. The minimum atomic E-state index is 0.691. The van der Waals surface area contributed by atoms with Crippen molar-refractivity contribution in [3.05, 3.63) is 77.3 Å². The van der Waals surface area contributed by atoms with Gasteiger partial charge in [0.15, 0.2) is 11.5 Å². The summed E-state index contributed by atoms with van der Waals surface area (Å²) in [7, 11) is 3.30. The van der Waals surface area contributed by atoms with Crippen LogP contribution in [0.2, 0.25) is 5.02 Å². The Morgan fingerprint density at radius 1 is 0.893 bits per heavy atom. The molecule has 0 aliphatic carbocycles. The number of methoxy groups -OCH3 is 2. The van der Waals surface area contributed by atoms with Crippen LogP contribution in [0.1, 0.15) is 5.56 Å². The molecule has 0 amide bonds.